The van der Waals surface area contributed by atoms with E-state index in [4.69, 9.17) is 14.9 Å². The summed E-state index contributed by atoms with van der Waals surface area (Å²) in [7, 11) is 2.34. The molecule has 0 amide bonds. The Morgan fingerprint density at radius 1 is 1.00 bits per heavy atom. The van der Waals surface area contributed by atoms with Crippen LogP contribution in [0.4, 0.5) is 0 Å². The van der Waals surface area contributed by atoms with E-state index in [1.54, 1.807) is 0 Å². The zero-order valence-corrected chi connectivity index (χ0v) is 13.4. The van der Waals surface area contributed by atoms with Crippen LogP contribution in [0.2, 0.25) is 0 Å². The molecule has 9 nitrogen and oxygen atoms in total. The third-order valence-corrected chi connectivity index (χ3v) is 4.48. The molecule has 2 atom stereocenters. The Balaban J connectivity index is 4.05. The van der Waals surface area contributed by atoms with Gasteiger partial charge in [0, 0.05) is 11.5 Å². The molecule has 0 saturated carbocycles. The number of hydrogen-bond acceptors (Lipinski definition) is 11. The fourth-order valence-corrected chi connectivity index (χ4v) is 3.29. The molecule has 0 aliphatic carbocycles. The maximum absolute atomic E-state index is 11.5. The van der Waals surface area contributed by atoms with Crippen molar-refractivity contribution in [1.82, 2.24) is 0 Å². The molecule has 0 aromatic rings. The van der Waals surface area contributed by atoms with Crippen LogP contribution in [0.5, 0.6) is 0 Å². The molecule has 0 spiro atoms. The summed E-state index contributed by atoms with van der Waals surface area (Å²) in [6.45, 7) is 2.36. The van der Waals surface area contributed by atoms with Gasteiger partial charge in [0.05, 0.1) is 13.2 Å². The Labute approximate surface area is 135 Å². The van der Waals surface area contributed by atoms with E-state index in [-0.39, 0.29) is 37.9 Å². The molecule has 0 aliphatic heterocycles. The molecule has 11 heteroatoms. The van der Waals surface area contributed by atoms with Crippen molar-refractivity contribution in [3.8, 4) is 0 Å². The van der Waals surface area contributed by atoms with E-state index in [9.17, 15) is 14.5 Å². The van der Waals surface area contributed by atoms with E-state index in [2.05, 4.69) is 21.6 Å². The molecule has 126 valence electrons. The smallest absolute Gasteiger partial charge is 0.335 e. The van der Waals surface area contributed by atoms with Crippen molar-refractivity contribution in [2.45, 2.75) is 12.1 Å². The van der Waals surface area contributed by atoms with Crippen molar-refractivity contribution in [2.24, 2.45) is 10.2 Å². The van der Waals surface area contributed by atoms with Crippen molar-refractivity contribution in [3.05, 3.63) is 4.91 Å². The van der Waals surface area contributed by atoms with Crippen LogP contribution in [0.3, 0.4) is 0 Å². The summed E-state index contributed by atoms with van der Waals surface area (Å²) >= 11 is 0. The Morgan fingerprint density at radius 3 is 1.86 bits per heavy atom. The Morgan fingerprint density at radius 2 is 1.45 bits per heavy atom. The third kappa shape index (κ3) is 8.97. The van der Waals surface area contributed by atoms with E-state index in [1.165, 1.54) is 10.8 Å². The average molecular weight is 354 g/mol. The molecular weight excluding hydrogens is 336 g/mol. The molecule has 0 saturated heterocycles. The lowest BCUT2D eigenvalue weighted by Gasteiger charge is -2.11. The van der Waals surface area contributed by atoms with Crippen LogP contribution in [0.1, 0.15) is 0 Å². The second-order valence-corrected chi connectivity index (χ2v) is 6.22. The normalized spacial score (nSPS) is 13.0. The minimum absolute atomic E-state index is 0.0635. The van der Waals surface area contributed by atoms with Gasteiger partial charge in [-0.15, -0.1) is 4.91 Å². The van der Waals surface area contributed by atoms with Gasteiger partial charge in [-0.1, -0.05) is 26.8 Å². The molecule has 0 bridgehead atoms. The molecular formula is C11H18N2O7S2. The average Bonchev–Trinajstić information content (AvgIpc) is 2.53. The van der Waals surface area contributed by atoms with E-state index in [0.29, 0.717) is 0 Å². The number of rotatable bonds is 13. The second kappa shape index (κ2) is 13.5. The zero-order chi connectivity index (χ0) is 16.8. The lowest BCUT2D eigenvalue weighted by atomic mass is 10.4. The van der Waals surface area contributed by atoms with Gasteiger partial charge in [-0.25, -0.2) is 9.59 Å². The van der Waals surface area contributed by atoms with E-state index in [1.807, 2.05) is 0 Å². The fraction of sp³-hybridized carbons (Fsp3) is 0.727. The molecule has 22 heavy (non-hydrogen) atoms. The van der Waals surface area contributed by atoms with Crippen LogP contribution in [-0.2, 0) is 19.1 Å². The van der Waals surface area contributed by atoms with Crippen LogP contribution in [0.25, 0.3) is 0 Å². The molecule has 0 aromatic carbocycles. The van der Waals surface area contributed by atoms with E-state index >= 15 is 0 Å². The summed E-state index contributed by atoms with van der Waals surface area (Å²) < 4.78 is 9.31. The van der Waals surface area contributed by atoms with Gasteiger partial charge in [0.2, 0.25) is 0 Å². The number of nitroso groups, excluding NO2 is 1. The van der Waals surface area contributed by atoms with Crippen LogP contribution < -0.4 is 0 Å². The van der Waals surface area contributed by atoms with Crippen molar-refractivity contribution in [2.75, 3.05) is 37.9 Å². The summed E-state index contributed by atoms with van der Waals surface area (Å²) in [5, 5.41) is 19.7. The SMILES string of the molecule is C=NC(CSSCC(N=O)C(=O)OCCO)C(=O)OCCO. The van der Waals surface area contributed by atoms with Gasteiger partial charge >= 0.3 is 11.9 Å². The van der Waals surface area contributed by atoms with E-state index < -0.39 is 24.0 Å². The Hall–Kier alpha value is -1.17. The number of carbonyl (C=O) groups is 2. The summed E-state index contributed by atoms with van der Waals surface area (Å²) in [4.78, 5) is 37.0. The van der Waals surface area contributed by atoms with Gasteiger partial charge in [-0.3, -0.25) is 4.99 Å². The highest BCUT2D eigenvalue weighted by atomic mass is 33.1. The summed E-state index contributed by atoms with van der Waals surface area (Å²) in [5.74, 6) is -1.12. The highest BCUT2D eigenvalue weighted by molar-refractivity contribution is 8.76. The number of aliphatic imine (C=N–C) groups is 1. The van der Waals surface area contributed by atoms with Crippen LogP contribution in [0.15, 0.2) is 10.2 Å². The lowest BCUT2D eigenvalue weighted by Crippen LogP contribution is -2.25. The molecule has 0 rings (SSSR count). The molecule has 2 N–H and O–H groups in total. The first kappa shape index (κ1) is 20.8. The first-order valence-corrected chi connectivity index (χ1v) is 8.67. The summed E-state index contributed by atoms with van der Waals surface area (Å²) in [6.07, 6.45) is 0. The number of esters is 2. The summed E-state index contributed by atoms with van der Waals surface area (Å²) in [5.41, 5.74) is 0. The molecule has 0 aromatic heterocycles. The van der Waals surface area contributed by atoms with Crippen LogP contribution in [0, 0.1) is 4.91 Å². The molecule has 0 radical (unpaired) electrons. The highest BCUT2D eigenvalue weighted by Crippen LogP contribution is 2.25. The van der Waals surface area contributed by atoms with Crippen molar-refractivity contribution >= 4 is 40.2 Å². The number of aliphatic hydroxyl groups excluding tert-OH is 2. The van der Waals surface area contributed by atoms with Crippen molar-refractivity contribution < 1.29 is 29.3 Å². The third-order valence-electron chi connectivity index (χ3n) is 2.10. The zero-order valence-electron chi connectivity index (χ0n) is 11.8. The number of hydrogen-bond donors (Lipinski definition) is 2. The molecule has 0 aliphatic rings. The fourth-order valence-electron chi connectivity index (χ4n) is 1.05. The molecule has 2 unspecified atom stereocenters. The van der Waals surface area contributed by atoms with Gasteiger partial charge < -0.3 is 19.7 Å². The predicted octanol–water partition coefficient (Wildman–Crippen LogP) is -0.357. The van der Waals surface area contributed by atoms with Gasteiger partial charge in [0.1, 0.15) is 13.2 Å². The number of aliphatic hydroxyl groups is 2. The summed E-state index contributed by atoms with van der Waals surface area (Å²) in [6, 6.07) is -1.98. The minimum Gasteiger partial charge on any atom is -0.462 e. The largest absolute Gasteiger partial charge is 0.462 e. The number of ether oxygens (including phenoxy) is 2. The first-order chi connectivity index (χ1) is 10.6. The maximum Gasteiger partial charge on any atom is 0.335 e. The standard InChI is InChI=1S/C11H18N2O7S2/c1-12-8(10(16)19-4-2-14)6-21-22-7-9(13-18)11(17)20-5-3-15/h8-9,14-15H,1-7H2. The Bertz CT molecular complexity index is 336. The number of carbonyl (C=O) groups excluding carboxylic acids is 2. The first-order valence-electron chi connectivity index (χ1n) is 6.18. The minimum atomic E-state index is -1.18. The van der Waals surface area contributed by atoms with Gasteiger partial charge in [0.25, 0.3) is 0 Å². The second-order valence-electron chi connectivity index (χ2n) is 3.67. The lowest BCUT2D eigenvalue weighted by molar-refractivity contribution is -0.146. The highest BCUT2D eigenvalue weighted by Gasteiger charge is 2.22. The topological polar surface area (TPSA) is 135 Å². The predicted molar refractivity (Wildman–Crippen MR) is 83.9 cm³/mol. The molecule has 0 fully saturated rings. The van der Waals surface area contributed by atoms with Gasteiger partial charge in [0.15, 0.2) is 12.1 Å². The Kier molecular flexibility index (Phi) is 12.8. The molecule has 0 heterocycles. The monoisotopic (exact) mass is 354 g/mol. The van der Waals surface area contributed by atoms with E-state index in [0.717, 1.165) is 10.8 Å². The van der Waals surface area contributed by atoms with Crippen molar-refractivity contribution in [3.63, 3.8) is 0 Å². The van der Waals surface area contributed by atoms with Crippen molar-refractivity contribution in [1.29, 1.82) is 0 Å². The maximum atomic E-state index is 11.5. The quantitative estimate of drug-likeness (QED) is 0.149. The van der Waals surface area contributed by atoms with Crippen LogP contribution >= 0.6 is 21.6 Å². The van der Waals surface area contributed by atoms with Gasteiger partial charge in [-0.05, 0) is 6.72 Å². The van der Waals surface area contributed by atoms with Crippen LogP contribution in [-0.4, -0.2) is 78.9 Å². The number of nitrogens with zero attached hydrogens (tertiary/aromatic N) is 2. The van der Waals surface area contributed by atoms with Gasteiger partial charge in [-0.2, -0.15) is 0 Å².